The van der Waals surface area contributed by atoms with Gasteiger partial charge in [-0.15, -0.1) is 0 Å². The number of rotatable bonds is 4. The lowest BCUT2D eigenvalue weighted by Gasteiger charge is -2.04. The number of aromatic hydroxyl groups is 1. The largest absolute Gasteiger partial charge is 0.504 e. The number of carbonyl (C=O) groups excluding carboxylic acids is 1. The molecule has 1 N–H and O–H groups in total. The van der Waals surface area contributed by atoms with Crippen molar-refractivity contribution in [2.75, 3.05) is 7.11 Å². The van der Waals surface area contributed by atoms with E-state index in [0.29, 0.717) is 11.3 Å². The number of ether oxygens (including phenoxy) is 1. The van der Waals surface area contributed by atoms with Crippen LogP contribution in [-0.4, -0.2) is 18.0 Å². The molecule has 0 radical (unpaired) electrons. The van der Waals surface area contributed by atoms with Crippen molar-refractivity contribution in [1.82, 2.24) is 0 Å². The van der Waals surface area contributed by atoms with Gasteiger partial charge in [0.25, 0.3) is 0 Å². The maximum atomic E-state index is 12.1. The number of hydrogen-bond donors (Lipinski definition) is 1. The number of methoxy groups -OCH3 is 1. The number of phenols is 1. The highest BCUT2D eigenvalue weighted by Crippen LogP contribution is 2.26. The molecule has 0 aliphatic heterocycles. The normalized spacial score (nSPS) is 10.7. The van der Waals surface area contributed by atoms with Crippen molar-refractivity contribution in [2.45, 2.75) is 6.92 Å². The van der Waals surface area contributed by atoms with Crippen molar-refractivity contribution in [3.63, 3.8) is 0 Å². The molecule has 0 aliphatic carbocycles. The molecule has 0 fully saturated rings. The quantitative estimate of drug-likeness (QED) is 0.680. The Kier molecular flexibility index (Phi) is 4.20. The van der Waals surface area contributed by atoms with Gasteiger partial charge in [-0.1, -0.05) is 30.3 Å². The average Bonchev–Trinajstić information content (AvgIpc) is 2.46. The lowest BCUT2D eigenvalue weighted by Crippen LogP contribution is -1.95. The standard InChI is InChI=1S/C17H16O3/c1-12-5-3-4-6-13(12)7-9-15(18)14-8-10-16(19)17(11-14)20-2/h3-11,19H,1-2H3/b9-7-. The molecular formula is C17H16O3. The van der Waals surface area contributed by atoms with E-state index in [9.17, 15) is 9.90 Å². The number of hydrogen-bond acceptors (Lipinski definition) is 3. The van der Waals surface area contributed by atoms with E-state index in [4.69, 9.17) is 4.74 Å². The van der Waals surface area contributed by atoms with Crippen molar-refractivity contribution in [1.29, 1.82) is 0 Å². The second-order valence-electron chi connectivity index (χ2n) is 4.44. The van der Waals surface area contributed by atoms with Crippen molar-refractivity contribution < 1.29 is 14.6 Å². The molecule has 3 nitrogen and oxygen atoms in total. The van der Waals surface area contributed by atoms with Crippen LogP contribution in [0, 0.1) is 6.92 Å². The van der Waals surface area contributed by atoms with Gasteiger partial charge in [0.05, 0.1) is 7.11 Å². The van der Waals surface area contributed by atoms with Gasteiger partial charge >= 0.3 is 0 Å². The van der Waals surface area contributed by atoms with Gasteiger partial charge < -0.3 is 9.84 Å². The van der Waals surface area contributed by atoms with Crippen molar-refractivity contribution in [2.24, 2.45) is 0 Å². The monoisotopic (exact) mass is 268 g/mol. The zero-order chi connectivity index (χ0) is 14.5. The highest BCUT2D eigenvalue weighted by atomic mass is 16.5. The van der Waals surface area contributed by atoms with Crippen molar-refractivity contribution >= 4 is 11.9 Å². The van der Waals surface area contributed by atoms with Crippen molar-refractivity contribution in [3.8, 4) is 11.5 Å². The molecule has 0 saturated heterocycles. The summed E-state index contributed by atoms with van der Waals surface area (Å²) in [6.07, 6.45) is 3.31. The Morgan fingerprint density at radius 2 is 1.95 bits per heavy atom. The Labute approximate surface area is 118 Å². The summed E-state index contributed by atoms with van der Waals surface area (Å²) in [5.41, 5.74) is 2.59. The molecular weight excluding hydrogens is 252 g/mol. The molecule has 0 bridgehead atoms. The summed E-state index contributed by atoms with van der Waals surface area (Å²) in [7, 11) is 1.45. The number of ketones is 1. The van der Waals surface area contributed by atoms with Crippen LogP contribution in [0.1, 0.15) is 21.5 Å². The molecule has 2 rings (SSSR count). The number of aryl methyl sites for hydroxylation is 1. The molecule has 2 aromatic carbocycles. The summed E-state index contributed by atoms with van der Waals surface area (Å²) in [4.78, 5) is 12.1. The molecule has 3 heteroatoms. The molecule has 0 aliphatic rings. The highest BCUT2D eigenvalue weighted by Gasteiger charge is 2.07. The van der Waals surface area contributed by atoms with Crippen LogP contribution < -0.4 is 4.74 Å². The first-order chi connectivity index (χ1) is 9.61. The van der Waals surface area contributed by atoms with E-state index in [1.54, 1.807) is 12.1 Å². The molecule has 0 amide bonds. The van der Waals surface area contributed by atoms with E-state index >= 15 is 0 Å². The Bertz CT molecular complexity index is 657. The third kappa shape index (κ3) is 3.06. The molecule has 20 heavy (non-hydrogen) atoms. The van der Waals surface area contributed by atoms with E-state index in [0.717, 1.165) is 11.1 Å². The fourth-order valence-corrected chi connectivity index (χ4v) is 1.87. The second-order valence-corrected chi connectivity index (χ2v) is 4.44. The minimum Gasteiger partial charge on any atom is -0.504 e. The molecule has 102 valence electrons. The Balaban J connectivity index is 2.22. The molecule has 0 unspecified atom stereocenters. The lowest BCUT2D eigenvalue weighted by molar-refractivity contribution is 0.104. The van der Waals surface area contributed by atoms with Crippen LogP contribution in [-0.2, 0) is 0 Å². The van der Waals surface area contributed by atoms with Gasteiger partial charge in [-0.3, -0.25) is 4.79 Å². The third-order valence-corrected chi connectivity index (χ3v) is 3.07. The number of benzene rings is 2. The topological polar surface area (TPSA) is 46.5 Å². The summed E-state index contributed by atoms with van der Waals surface area (Å²) in [5, 5.41) is 9.51. The van der Waals surface area contributed by atoms with Gasteiger partial charge in [-0.25, -0.2) is 0 Å². The Hall–Kier alpha value is -2.55. The minimum absolute atomic E-state index is 0.0203. The summed E-state index contributed by atoms with van der Waals surface area (Å²) in [6.45, 7) is 1.99. The fourth-order valence-electron chi connectivity index (χ4n) is 1.87. The van der Waals surface area contributed by atoms with Crippen LogP contribution in [0.25, 0.3) is 6.08 Å². The van der Waals surface area contributed by atoms with Crippen LogP contribution in [0.5, 0.6) is 11.5 Å². The molecule has 0 atom stereocenters. The van der Waals surface area contributed by atoms with Crippen LogP contribution in [0.4, 0.5) is 0 Å². The van der Waals surface area contributed by atoms with Gasteiger partial charge in [-0.2, -0.15) is 0 Å². The molecule has 0 saturated carbocycles. The predicted molar refractivity (Wildman–Crippen MR) is 79.2 cm³/mol. The maximum Gasteiger partial charge on any atom is 0.185 e. The minimum atomic E-state index is -0.133. The van der Waals surface area contributed by atoms with Crippen LogP contribution >= 0.6 is 0 Å². The lowest BCUT2D eigenvalue weighted by atomic mass is 10.1. The first-order valence-electron chi connectivity index (χ1n) is 6.27. The SMILES string of the molecule is COc1cc(C(=O)/C=C\c2ccccc2C)ccc1O. The van der Waals surface area contributed by atoms with Crippen LogP contribution in [0.15, 0.2) is 48.5 Å². The maximum absolute atomic E-state index is 12.1. The predicted octanol–water partition coefficient (Wildman–Crippen LogP) is 3.61. The smallest absolute Gasteiger partial charge is 0.185 e. The average molecular weight is 268 g/mol. The van der Waals surface area contributed by atoms with Gasteiger partial charge in [0, 0.05) is 5.56 Å². The molecule has 0 spiro atoms. The zero-order valence-corrected chi connectivity index (χ0v) is 11.5. The van der Waals surface area contributed by atoms with Gasteiger partial charge in [0.15, 0.2) is 17.3 Å². The molecule has 0 heterocycles. The summed E-state index contributed by atoms with van der Waals surface area (Å²) in [5.74, 6) is 0.179. The molecule has 0 aromatic heterocycles. The number of allylic oxidation sites excluding steroid dienone is 1. The van der Waals surface area contributed by atoms with Gasteiger partial charge in [0.1, 0.15) is 0 Å². The fraction of sp³-hybridized carbons (Fsp3) is 0.118. The Morgan fingerprint density at radius 1 is 1.20 bits per heavy atom. The second kappa shape index (κ2) is 6.06. The van der Waals surface area contributed by atoms with Crippen LogP contribution in [0.2, 0.25) is 0 Å². The number of phenolic OH excluding ortho intramolecular Hbond substituents is 1. The van der Waals surface area contributed by atoms with E-state index in [1.165, 1.54) is 25.3 Å². The van der Waals surface area contributed by atoms with E-state index in [2.05, 4.69) is 0 Å². The van der Waals surface area contributed by atoms with Crippen molar-refractivity contribution in [3.05, 3.63) is 65.2 Å². The first-order valence-corrected chi connectivity index (χ1v) is 6.27. The van der Waals surface area contributed by atoms with Crippen LogP contribution in [0.3, 0.4) is 0 Å². The first kappa shape index (κ1) is 13.9. The van der Waals surface area contributed by atoms with Gasteiger partial charge in [-0.05, 0) is 42.3 Å². The summed E-state index contributed by atoms with van der Waals surface area (Å²) < 4.78 is 4.99. The molecule has 2 aromatic rings. The number of carbonyl (C=O) groups is 1. The summed E-state index contributed by atoms with van der Waals surface area (Å²) in [6, 6.07) is 12.4. The third-order valence-electron chi connectivity index (χ3n) is 3.07. The summed E-state index contributed by atoms with van der Waals surface area (Å²) >= 11 is 0. The zero-order valence-electron chi connectivity index (χ0n) is 11.5. The van der Waals surface area contributed by atoms with E-state index in [-0.39, 0.29) is 11.5 Å². The highest BCUT2D eigenvalue weighted by molar-refractivity contribution is 6.07. The Morgan fingerprint density at radius 3 is 2.65 bits per heavy atom. The van der Waals surface area contributed by atoms with E-state index in [1.807, 2.05) is 31.2 Å². The van der Waals surface area contributed by atoms with Gasteiger partial charge in [0.2, 0.25) is 0 Å². The van der Waals surface area contributed by atoms with E-state index < -0.39 is 0 Å².